The number of thiazole rings is 1. The maximum absolute atomic E-state index is 13.7. The Morgan fingerprint density at radius 1 is 1.29 bits per heavy atom. The Morgan fingerprint density at radius 2 is 2.03 bits per heavy atom. The molecule has 2 atom stereocenters. The van der Waals surface area contributed by atoms with E-state index in [1.165, 1.54) is 33.1 Å². The van der Waals surface area contributed by atoms with Crippen molar-refractivity contribution in [2.45, 2.75) is 57.5 Å². The molecule has 2 amide bonds. The zero-order valence-corrected chi connectivity index (χ0v) is 22.7. The molecule has 3 heterocycles. The number of allylic oxidation sites excluding steroid dienone is 4. The minimum atomic E-state index is -1.26. The minimum Gasteiger partial charge on any atom is -0.347 e. The first kappa shape index (κ1) is 26.1. The van der Waals surface area contributed by atoms with Crippen LogP contribution in [0.4, 0.5) is 10.1 Å². The summed E-state index contributed by atoms with van der Waals surface area (Å²) in [6.45, 7) is 3.76. The van der Waals surface area contributed by atoms with Crippen molar-refractivity contribution in [1.82, 2.24) is 19.4 Å². The first-order valence-electron chi connectivity index (χ1n) is 12.7. The zero-order chi connectivity index (χ0) is 27.4. The molecule has 1 saturated carbocycles. The van der Waals surface area contributed by atoms with E-state index in [4.69, 9.17) is 0 Å². The van der Waals surface area contributed by atoms with Gasteiger partial charge in [-0.25, -0.2) is 9.37 Å². The Bertz CT molecular complexity index is 1450. The van der Waals surface area contributed by atoms with E-state index in [0.29, 0.717) is 30.2 Å². The molecule has 200 valence electrons. The lowest BCUT2D eigenvalue weighted by Crippen LogP contribution is -2.61. The van der Waals surface area contributed by atoms with E-state index in [2.05, 4.69) is 10.2 Å². The topological polar surface area (TPSA) is 105 Å². The van der Waals surface area contributed by atoms with Gasteiger partial charge in [0.15, 0.2) is 5.69 Å². The van der Waals surface area contributed by atoms with Gasteiger partial charge in [-0.1, -0.05) is 11.6 Å². The summed E-state index contributed by atoms with van der Waals surface area (Å²) >= 11 is 1.28. The number of carbonyl (C=O) groups excluding carboxylic acids is 2. The van der Waals surface area contributed by atoms with Gasteiger partial charge in [0, 0.05) is 50.2 Å². The van der Waals surface area contributed by atoms with Crippen molar-refractivity contribution in [1.29, 1.82) is 0 Å². The number of fused-ring (bicyclic) bond motifs is 1. The fourth-order valence-electron chi connectivity index (χ4n) is 5.40. The minimum absolute atomic E-state index is 0.107. The summed E-state index contributed by atoms with van der Waals surface area (Å²) in [4.78, 5) is 61.2. The highest BCUT2D eigenvalue weighted by atomic mass is 32.1. The van der Waals surface area contributed by atoms with Crippen LogP contribution in [0.1, 0.15) is 54.9 Å². The van der Waals surface area contributed by atoms with Gasteiger partial charge in [0.1, 0.15) is 22.1 Å². The third-order valence-corrected chi connectivity index (χ3v) is 8.81. The number of hydrogen-bond donors (Lipinski definition) is 0. The van der Waals surface area contributed by atoms with Crippen molar-refractivity contribution in [2.24, 2.45) is 11.1 Å². The van der Waals surface area contributed by atoms with Gasteiger partial charge in [-0.3, -0.25) is 14.4 Å². The summed E-state index contributed by atoms with van der Waals surface area (Å²) in [5, 5.41) is 3.39. The summed E-state index contributed by atoms with van der Waals surface area (Å²) in [6, 6.07) is -0.140. The van der Waals surface area contributed by atoms with Gasteiger partial charge in [-0.2, -0.15) is 0 Å². The van der Waals surface area contributed by atoms with Crippen molar-refractivity contribution >= 4 is 28.8 Å². The molecule has 9 nitrogen and oxygen atoms in total. The molecule has 0 unspecified atom stereocenters. The summed E-state index contributed by atoms with van der Waals surface area (Å²) in [5.74, 6) is -0.571. The molecular formula is C27H30FN5O4S. The third-order valence-electron chi connectivity index (χ3n) is 7.78. The standard InChI is InChI=1S/C27H30FN5O4S/c1-15(17-7-8-17)32-14-27(2,26(36)31(3)4)33-13-20(23(34)21(30-37)22(33)25(32)35)24-29-12-19(38-24)11-16-5-9-18(28)10-6-16/h5,9,12-13,15,17H,6-8,10-11,14H2,1-4H3/t15-,27+/m0/s1. The highest BCUT2D eigenvalue weighted by molar-refractivity contribution is 7.15. The molecule has 0 bridgehead atoms. The molecule has 2 aliphatic carbocycles. The lowest BCUT2D eigenvalue weighted by molar-refractivity contribution is -0.139. The second kappa shape index (κ2) is 9.68. The van der Waals surface area contributed by atoms with Crippen molar-refractivity contribution in [2.75, 3.05) is 20.6 Å². The van der Waals surface area contributed by atoms with Gasteiger partial charge in [0.2, 0.25) is 11.3 Å². The fourth-order valence-corrected chi connectivity index (χ4v) is 6.37. The van der Waals surface area contributed by atoms with Crippen LogP contribution in [-0.2, 0) is 16.8 Å². The van der Waals surface area contributed by atoms with E-state index in [9.17, 15) is 23.7 Å². The molecule has 0 aromatic carbocycles. The van der Waals surface area contributed by atoms with Crippen LogP contribution in [0.3, 0.4) is 0 Å². The predicted octanol–water partition coefficient (Wildman–Crippen LogP) is 4.54. The fraction of sp³-hybridized carbons (Fsp3) is 0.481. The van der Waals surface area contributed by atoms with Gasteiger partial charge >= 0.3 is 0 Å². The molecule has 1 aliphatic heterocycles. The number of hydrogen-bond acceptors (Lipinski definition) is 7. The zero-order valence-electron chi connectivity index (χ0n) is 21.9. The lowest BCUT2D eigenvalue weighted by Gasteiger charge is -2.45. The van der Waals surface area contributed by atoms with Crippen molar-refractivity contribution in [3.8, 4) is 10.6 Å². The number of nitrogens with zero attached hydrogens (tertiary/aromatic N) is 5. The Hall–Kier alpha value is -3.47. The van der Waals surface area contributed by atoms with Crippen LogP contribution in [0.2, 0.25) is 0 Å². The van der Waals surface area contributed by atoms with E-state index >= 15 is 0 Å². The van der Waals surface area contributed by atoms with Gasteiger partial charge in [-0.05, 0) is 50.3 Å². The van der Waals surface area contributed by atoms with Crippen LogP contribution in [-0.4, -0.2) is 57.8 Å². The molecular weight excluding hydrogens is 509 g/mol. The molecule has 0 saturated heterocycles. The third kappa shape index (κ3) is 4.42. The second-order valence-corrected chi connectivity index (χ2v) is 11.9. The lowest BCUT2D eigenvalue weighted by atomic mass is 9.92. The first-order chi connectivity index (χ1) is 18.0. The van der Waals surface area contributed by atoms with E-state index in [-0.39, 0.29) is 35.6 Å². The van der Waals surface area contributed by atoms with Crippen LogP contribution in [0, 0.1) is 10.8 Å². The number of rotatable bonds is 7. The van der Waals surface area contributed by atoms with E-state index < -0.39 is 22.6 Å². The molecule has 38 heavy (non-hydrogen) atoms. The van der Waals surface area contributed by atoms with Crippen LogP contribution >= 0.6 is 11.3 Å². The van der Waals surface area contributed by atoms with Crippen molar-refractivity contribution < 1.29 is 14.0 Å². The van der Waals surface area contributed by atoms with Gasteiger partial charge in [-0.15, -0.1) is 16.2 Å². The Balaban J connectivity index is 1.62. The monoisotopic (exact) mass is 539 g/mol. The van der Waals surface area contributed by atoms with Crippen LogP contribution in [0.25, 0.3) is 10.6 Å². The van der Waals surface area contributed by atoms with E-state index in [1.807, 2.05) is 6.92 Å². The average molecular weight is 540 g/mol. The summed E-state index contributed by atoms with van der Waals surface area (Å²) in [7, 11) is 3.27. The van der Waals surface area contributed by atoms with Crippen molar-refractivity contribution in [3.05, 3.63) is 61.6 Å². The second-order valence-electron chi connectivity index (χ2n) is 10.8. The number of amides is 2. The van der Waals surface area contributed by atoms with Gasteiger partial charge in [0.05, 0.1) is 12.1 Å². The number of halogens is 1. The molecule has 0 spiro atoms. The number of aromatic nitrogens is 2. The molecule has 1 fully saturated rings. The van der Waals surface area contributed by atoms with Gasteiger partial charge in [0.25, 0.3) is 5.91 Å². The van der Waals surface area contributed by atoms with E-state index in [0.717, 1.165) is 23.3 Å². The smallest absolute Gasteiger partial charge is 0.273 e. The maximum Gasteiger partial charge on any atom is 0.273 e. The molecule has 5 rings (SSSR count). The number of nitroso groups, excluding NO2 is 1. The largest absolute Gasteiger partial charge is 0.347 e. The average Bonchev–Trinajstić information content (AvgIpc) is 3.65. The maximum atomic E-state index is 13.7. The summed E-state index contributed by atoms with van der Waals surface area (Å²) in [5.41, 5.74) is -1.46. The number of pyridine rings is 1. The molecule has 2 aromatic rings. The molecule has 0 N–H and O–H groups in total. The predicted molar refractivity (Wildman–Crippen MR) is 143 cm³/mol. The van der Waals surface area contributed by atoms with Gasteiger partial charge < -0.3 is 14.4 Å². The van der Waals surface area contributed by atoms with Crippen LogP contribution < -0.4 is 5.43 Å². The number of likely N-dealkylation sites (N-methyl/N-ethyl adjacent to an activating group) is 1. The molecule has 11 heteroatoms. The molecule has 2 aromatic heterocycles. The van der Waals surface area contributed by atoms with Crippen LogP contribution in [0.15, 0.2) is 45.9 Å². The van der Waals surface area contributed by atoms with Crippen molar-refractivity contribution in [3.63, 3.8) is 0 Å². The van der Waals surface area contributed by atoms with E-state index in [1.54, 1.807) is 38.2 Å². The quantitative estimate of drug-likeness (QED) is 0.481. The SMILES string of the molecule is C[C@@H](C1CC1)N1C[C@](C)(C(=O)N(C)C)n2cc(-c3ncc(CC4=CC=C(F)CC4)s3)c(=O)c(N=O)c2C1=O. The highest BCUT2D eigenvalue weighted by Crippen LogP contribution is 2.41. The first-order valence-corrected chi connectivity index (χ1v) is 13.5. The number of carbonyl (C=O) groups is 2. The summed E-state index contributed by atoms with van der Waals surface area (Å²) in [6.07, 6.45) is 9.87. The Morgan fingerprint density at radius 3 is 2.63 bits per heavy atom. The molecule has 3 aliphatic rings. The Kier molecular flexibility index (Phi) is 6.66. The highest BCUT2D eigenvalue weighted by Gasteiger charge is 2.50. The van der Waals surface area contributed by atoms with Crippen LogP contribution in [0.5, 0.6) is 0 Å². The normalized spacial score (nSPS) is 21.9. The summed E-state index contributed by atoms with van der Waals surface area (Å²) < 4.78 is 14.8. The Labute approximate surface area is 223 Å². The molecule has 0 radical (unpaired) electrons.